The van der Waals surface area contributed by atoms with Crippen molar-refractivity contribution in [2.75, 3.05) is 12.4 Å². The van der Waals surface area contributed by atoms with Gasteiger partial charge in [0.15, 0.2) is 5.82 Å². The van der Waals surface area contributed by atoms with Crippen molar-refractivity contribution in [3.05, 3.63) is 18.2 Å². The van der Waals surface area contributed by atoms with E-state index in [1.165, 1.54) is 13.3 Å². The summed E-state index contributed by atoms with van der Waals surface area (Å²) in [5, 5.41) is 10.1. The predicted molar refractivity (Wildman–Crippen MR) is 54.7 cm³/mol. The molecule has 16 heavy (non-hydrogen) atoms. The van der Waals surface area contributed by atoms with Gasteiger partial charge in [0.25, 0.3) is 5.78 Å². The first-order valence-electron chi connectivity index (χ1n) is 4.49. The Balaban J connectivity index is 2.37. The lowest BCUT2D eigenvalue weighted by Gasteiger charge is -2.03. The molecule has 0 saturated heterocycles. The molecule has 0 spiro atoms. The normalized spacial score (nSPS) is 10.4. The van der Waals surface area contributed by atoms with Crippen molar-refractivity contribution in [1.29, 1.82) is 0 Å². The zero-order valence-electron chi connectivity index (χ0n) is 8.54. The second-order valence-electron chi connectivity index (χ2n) is 2.95. The molecular formula is C8H10N6O2. The maximum atomic E-state index is 11.0. The fraction of sp³-hybridized carbons (Fsp3) is 0.250. The number of aromatic nitrogens is 4. The van der Waals surface area contributed by atoms with Crippen LogP contribution in [0, 0.1) is 0 Å². The average molecular weight is 222 g/mol. The van der Waals surface area contributed by atoms with E-state index in [-0.39, 0.29) is 6.54 Å². The molecule has 0 aliphatic heterocycles. The summed E-state index contributed by atoms with van der Waals surface area (Å²) in [4.78, 5) is 15.0. The third-order valence-electron chi connectivity index (χ3n) is 1.95. The van der Waals surface area contributed by atoms with Gasteiger partial charge in [0.05, 0.1) is 25.5 Å². The molecule has 8 nitrogen and oxygen atoms in total. The lowest BCUT2D eigenvalue weighted by Crippen LogP contribution is -2.12. The number of nitrogens with zero attached hydrogens (tertiary/aromatic N) is 4. The number of methoxy groups -OCH3 is 1. The Morgan fingerprint density at radius 2 is 2.44 bits per heavy atom. The zero-order valence-corrected chi connectivity index (χ0v) is 8.54. The van der Waals surface area contributed by atoms with E-state index in [0.717, 1.165) is 0 Å². The van der Waals surface area contributed by atoms with Crippen molar-refractivity contribution >= 4 is 17.6 Å². The van der Waals surface area contributed by atoms with Crippen LogP contribution in [0.2, 0.25) is 0 Å². The van der Waals surface area contributed by atoms with E-state index < -0.39 is 6.09 Å². The minimum atomic E-state index is -0.566. The first-order chi connectivity index (χ1) is 7.74. The molecule has 84 valence electrons. The monoisotopic (exact) mass is 222 g/mol. The number of anilines is 1. The number of hydrogen-bond acceptors (Lipinski definition) is 6. The van der Waals surface area contributed by atoms with Crippen molar-refractivity contribution in [2.24, 2.45) is 5.73 Å². The van der Waals surface area contributed by atoms with Crippen LogP contribution < -0.4 is 11.1 Å². The molecule has 0 aromatic carbocycles. The van der Waals surface area contributed by atoms with Gasteiger partial charge in [-0.1, -0.05) is 0 Å². The highest BCUT2D eigenvalue weighted by molar-refractivity contribution is 5.84. The van der Waals surface area contributed by atoms with Crippen LogP contribution in [0.4, 0.5) is 10.5 Å². The maximum absolute atomic E-state index is 11.0. The number of nitrogens with two attached hydrogens (primary N) is 1. The lowest BCUT2D eigenvalue weighted by atomic mass is 10.5. The van der Waals surface area contributed by atoms with Crippen LogP contribution in [0.3, 0.4) is 0 Å². The molecule has 0 fully saturated rings. The number of nitrogens with one attached hydrogen (secondary N) is 1. The molecule has 3 N–H and O–H groups in total. The Morgan fingerprint density at radius 3 is 3.12 bits per heavy atom. The second kappa shape index (κ2) is 4.11. The van der Waals surface area contributed by atoms with E-state index >= 15 is 0 Å². The molecule has 2 aromatic rings. The molecule has 0 bridgehead atoms. The molecule has 2 aromatic heterocycles. The van der Waals surface area contributed by atoms with Gasteiger partial charge in [-0.15, -0.1) is 10.2 Å². The van der Waals surface area contributed by atoms with Crippen molar-refractivity contribution in [1.82, 2.24) is 19.6 Å². The highest BCUT2D eigenvalue weighted by Gasteiger charge is 2.07. The summed E-state index contributed by atoms with van der Waals surface area (Å²) in [6.45, 7) is 0.241. The van der Waals surface area contributed by atoms with Crippen molar-refractivity contribution < 1.29 is 9.53 Å². The van der Waals surface area contributed by atoms with Crippen LogP contribution >= 0.6 is 0 Å². The van der Waals surface area contributed by atoms with Crippen molar-refractivity contribution in [3.8, 4) is 0 Å². The topological polar surface area (TPSA) is 107 Å². The van der Waals surface area contributed by atoms with Gasteiger partial charge in [-0.2, -0.15) is 0 Å². The van der Waals surface area contributed by atoms with Crippen LogP contribution in [0.5, 0.6) is 0 Å². The average Bonchev–Trinajstić information content (AvgIpc) is 2.71. The quantitative estimate of drug-likeness (QED) is 0.726. The van der Waals surface area contributed by atoms with Gasteiger partial charge in [-0.05, 0) is 0 Å². The predicted octanol–water partition coefficient (Wildman–Crippen LogP) is -0.239. The summed E-state index contributed by atoms with van der Waals surface area (Å²) in [7, 11) is 1.28. The molecule has 8 heteroatoms. The summed E-state index contributed by atoms with van der Waals surface area (Å²) in [6, 6.07) is 0. The van der Waals surface area contributed by atoms with E-state index in [1.807, 2.05) is 0 Å². The molecule has 0 aliphatic carbocycles. The zero-order chi connectivity index (χ0) is 11.5. The van der Waals surface area contributed by atoms with Gasteiger partial charge >= 0.3 is 6.09 Å². The van der Waals surface area contributed by atoms with E-state index in [1.54, 1.807) is 10.6 Å². The van der Waals surface area contributed by atoms with Gasteiger partial charge in [-0.3, -0.25) is 9.72 Å². The van der Waals surface area contributed by atoms with Crippen LogP contribution in [0.1, 0.15) is 5.82 Å². The number of carbonyl (C=O) groups excluding carboxylic acids is 1. The molecule has 1 amide bonds. The molecular weight excluding hydrogens is 212 g/mol. The van der Waals surface area contributed by atoms with E-state index in [4.69, 9.17) is 5.73 Å². The number of rotatable bonds is 2. The minimum absolute atomic E-state index is 0.241. The van der Waals surface area contributed by atoms with E-state index in [2.05, 4.69) is 25.2 Å². The molecule has 0 aliphatic rings. The third kappa shape index (κ3) is 1.77. The Kier molecular flexibility index (Phi) is 2.64. The fourth-order valence-corrected chi connectivity index (χ4v) is 1.21. The van der Waals surface area contributed by atoms with Gasteiger partial charge in [0, 0.05) is 6.20 Å². The Bertz CT molecular complexity index is 522. The van der Waals surface area contributed by atoms with E-state index in [0.29, 0.717) is 17.3 Å². The van der Waals surface area contributed by atoms with Crippen LogP contribution in [-0.4, -0.2) is 32.8 Å². The summed E-state index contributed by atoms with van der Waals surface area (Å²) in [5.74, 6) is 0.992. The van der Waals surface area contributed by atoms with Crippen molar-refractivity contribution in [2.45, 2.75) is 6.54 Å². The largest absolute Gasteiger partial charge is 0.453 e. The minimum Gasteiger partial charge on any atom is -0.453 e. The van der Waals surface area contributed by atoms with Gasteiger partial charge < -0.3 is 10.5 Å². The number of carbonyl (C=O) groups is 1. The highest BCUT2D eigenvalue weighted by Crippen LogP contribution is 2.08. The number of ether oxygens (including phenoxy) is 1. The van der Waals surface area contributed by atoms with Gasteiger partial charge in [-0.25, -0.2) is 9.78 Å². The molecule has 2 rings (SSSR count). The van der Waals surface area contributed by atoms with Crippen LogP contribution in [0.15, 0.2) is 12.4 Å². The number of amides is 1. The summed E-state index contributed by atoms with van der Waals surface area (Å²) < 4.78 is 6.06. The Hall–Kier alpha value is -2.22. The Labute approximate surface area is 90.4 Å². The lowest BCUT2D eigenvalue weighted by molar-refractivity contribution is 0.187. The fourth-order valence-electron chi connectivity index (χ4n) is 1.21. The van der Waals surface area contributed by atoms with E-state index in [9.17, 15) is 4.79 Å². The van der Waals surface area contributed by atoms with Crippen LogP contribution in [-0.2, 0) is 11.3 Å². The molecule has 2 heterocycles. The summed E-state index contributed by atoms with van der Waals surface area (Å²) >= 11 is 0. The maximum Gasteiger partial charge on any atom is 0.411 e. The summed E-state index contributed by atoms with van der Waals surface area (Å²) in [5.41, 5.74) is 5.96. The number of fused-ring (bicyclic) bond motifs is 1. The van der Waals surface area contributed by atoms with Crippen molar-refractivity contribution in [3.63, 3.8) is 0 Å². The first-order valence-corrected chi connectivity index (χ1v) is 4.49. The molecule has 0 unspecified atom stereocenters. The smallest absolute Gasteiger partial charge is 0.411 e. The SMILES string of the molecule is COC(=O)Nc1cnc2nnc(CN)n2c1. The Morgan fingerprint density at radius 1 is 1.62 bits per heavy atom. The molecule has 0 radical (unpaired) electrons. The highest BCUT2D eigenvalue weighted by atomic mass is 16.5. The molecule has 0 atom stereocenters. The standard InChI is InChI=1S/C8H10N6O2/c1-16-8(15)11-5-3-10-7-13-12-6(2-9)14(7)4-5/h3-4H,2,9H2,1H3,(H,11,15). The number of hydrogen-bond donors (Lipinski definition) is 2. The third-order valence-corrected chi connectivity index (χ3v) is 1.95. The van der Waals surface area contributed by atoms with Crippen LogP contribution in [0.25, 0.3) is 5.78 Å². The van der Waals surface area contributed by atoms with Gasteiger partial charge in [0.2, 0.25) is 0 Å². The second-order valence-corrected chi connectivity index (χ2v) is 2.95. The first kappa shape index (κ1) is 10.3. The van der Waals surface area contributed by atoms with Gasteiger partial charge in [0.1, 0.15) is 0 Å². The molecule has 0 saturated carbocycles. The summed E-state index contributed by atoms with van der Waals surface area (Å²) in [6.07, 6.45) is 2.52.